The van der Waals surface area contributed by atoms with E-state index in [1.165, 1.54) is 0 Å². The summed E-state index contributed by atoms with van der Waals surface area (Å²) in [5, 5.41) is 10.8. The van der Waals surface area contributed by atoms with Crippen LogP contribution in [0, 0.1) is 11.3 Å². The number of rotatable bonds is 5. The van der Waals surface area contributed by atoms with E-state index in [-0.39, 0.29) is 0 Å². The van der Waals surface area contributed by atoms with Crippen molar-refractivity contribution in [3.63, 3.8) is 0 Å². The number of nitriles is 1. The van der Waals surface area contributed by atoms with Crippen molar-refractivity contribution in [2.75, 3.05) is 0 Å². The maximum Gasteiger partial charge on any atom is 0.144 e. The first kappa shape index (κ1) is 18.2. The minimum Gasteiger partial charge on any atom is -0.461 e. The van der Waals surface area contributed by atoms with Crippen molar-refractivity contribution in [3.05, 3.63) is 106 Å². The first-order valence-corrected chi connectivity index (χ1v) is 9.78. The second kappa shape index (κ2) is 8.24. The van der Waals surface area contributed by atoms with E-state index in [0.29, 0.717) is 6.42 Å². The third kappa shape index (κ3) is 4.05. The van der Waals surface area contributed by atoms with Crippen LogP contribution in [0.3, 0.4) is 0 Å². The summed E-state index contributed by atoms with van der Waals surface area (Å²) in [6.45, 7) is 0. The molecule has 0 bridgehead atoms. The lowest BCUT2D eigenvalue weighted by molar-refractivity contribution is 0.538. The van der Waals surface area contributed by atoms with Gasteiger partial charge >= 0.3 is 0 Å². The highest BCUT2D eigenvalue weighted by Crippen LogP contribution is 2.24. The van der Waals surface area contributed by atoms with Gasteiger partial charge in [-0.15, -0.1) is 0 Å². The van der Waals surface area contributed by atoms with E-state index in [1.807, 2.05) is 84.9 Å². The highest BCUT2D eigenvalue weighted by molar-refractivity contribution is 9.10. The molecule has 1 unspecified atom stereocenters. The molecule has 4 aromatic rings. The van der Waals surface area contributed by atoms with Crippen LogP contribution < -0.4 is 0 Å². The summed E-state index contributed by atoms with van der Waals surface area (Å²) in [5.74, 6) is 0.754. The molecule has 0 aliphatic heterocycles. The van der Waals surface area contributed by atoms with E-state index in [1.54, 1.807) is 0 Å². The third-order valence-electron chi connectivity index (χ3n) is 4.45. The van der Waals surface area contributed by atoms with Gasteiger partial charge in [0, 0.05) is 27.4 Å². The van der Waals surface area contributed by atoms with E-state index < -0.39 is 6.04 Å². The molecule has 3 aromatic carbocycles. The molecule has 136 valence electrons. The minimum atomic E-state index is -0.542. The van der Waals surface area contributed by atoms with Crippen LogP contribution in [0.4, 0.5) is 0 Å². The quantitative estimate of drug-likeness (QED) is 0.357. The smallest absolute Gasteiger partial charge is 0.144 e. The van der Waals surface area contributed by atoms with Crippen molar-refractivity contribution in [1.82, 2.24) is 0 Å². The summed E-state index contributed by atoms with van der Waals surface area (Å²) in [5.41, 5.74) is 3.60. The van der Waals surface area contributed by atoms with Crippen LogP contribution in [-0.2, 0) is 6.42 Å². The molecule has 0 N–H and O–H groups in total. The monoisotopic (exact) mass is 428 g/mol. The summed E-state index contributed by atoms with van der Waals surface area (Å²) in [4.78, 5) is 4.80. The van der Waals surface area contributed by atoms with Crippen molar-refractivity contribution in [1.29, 1.82) is 5.26 Å². The molecular formula is C24H17BrN2O. The largest absolute Gasteiger partial charge is 0.461 e. The van der Waals surface area contributed by atoms with Crippen LogP contribution >= 0.6 is 15.9 Å². The van der Waals surface area contributed by atoms with Gasteiger partial charge in [0.25, 0.3) is 0 Å². The van der Waals surface area contributed by atoms with Gasteiger partial charge in [-0.1, -0.05) is 76.6 Å². The molecule has 0 radical (unpaired) electrons. The van der Waals surface area contributed by atoms with Crippen molar-refractivity contribution in [2.45, 2.75) is 12.5 Å². The highest BCUT2D eigenvalue weighted by atomic mass is 79.9. The number of fused-ring (bicyclic) bond motifs is 1. The lowest BCUT2D eigenvalue weighted by Gasteiger charge is -2.10. The SMILES string of the molecule is N#CC(Cc1cc2cc(Br)ccc2o1)N=C(c1ccccc1)c1ccccc1. The van der Waals surface area contributed by atoms with Crippen LogP contribution in [0.25, 0.3) is 11.0 Å². The van der Waals surface area contributed by atoms with E-state index in [9.17, 15) is 5.26 Å². The molecule has 0 saturated heterocycles. The molecule has 3 nitrogen and oxygen atoms in total. The zero-order valence-corrected chi connectivity index (χ0v) is 16.6. The lowest BCUT2D eigenvalue weighted by Crippen LogP contribution is -2.12. The molecule has 28 heavy (non-hydrogen) atoms. The molecule has 1 heterocycles. The van der Waals surface area contributed by atoms with Gasteiger partial charge in [-0.3, -0.25) is 4.99 Å². The maximum absolute atomic E-state index is 9.74. The molecule has 0 amide bonds. The average Bonchev–Trinajstić information content (AvgIpc) is 3.13. The van der Waals surface area contributed by atoms with Gasteiger partial charge in [-0.05, 0) is 24.3 Å². The van der Waals surface area contributed by atoms with Crippen LogP contribution in [0.2, 0.25) is 0 Å². The Hall–Kier alpha value is -3.16. The molecule has 0 spiro atoms. The lowest BCUT2D eigenvalue weighted by atomic mass is 10.0. The maximum atomic E-state index is 9.74. The predicted molar refractivity (Wildman–Crippen MR) is 116 cm³/mol. The van der Waals surface area contributed by atoms with E-state index in [4.69, 9.17) is 9.41 Å². The number of halogens is 1. The Labute approximate surface area is 172 Å². The van der Waals surface area contributed by atoms with Gasteiger partial charge in [-0.25, -0.2) is 0 Å². The number of benzene rings is 3. The van der Waals surface area contributed by atoms with Crippen molar-refractivity contribution >= 4 is 32.6 Å². The third-order valence-corrected chi connectivity index (χ3v) is 4.95. The molecule has 0 aliphatic carbocycles. The van der Waals surface area contributed by atoms with Gasteiger partial charge in [0.2, 0.25) is 0 Å². The Morgan fingerprint density at radius 1 is 0.929 bits per heavy atom. The summed E-state index contributed by atoms with van der Waals surface area (Å²) < 4.78 is 6.90. The molecule has 4 heteroatoms. The Bertz CT molecular complexity index is 1120. The number of nitrogens with zero attached hydrogens (tertiary/aromatic N) is 2. The second-order valence-corrected chi connectivity index (χ2v) is 7.37. The van der Waals surface area contributed by atoms with Crippen LogP contribution in [0.15, 0.2) is 98.8 Å². The van der Waals surface area contributed by atoms with Crippen LogP contribution in [0.5, 0.6) is 0 Å². The Morgan fingerprint density at radius 3 is 2.18 bits per heavy atom. The fourth-order valence-corrected chi connectivity index (χ4v) is 3.52. The Morgan fingerprint density at radius 2 is 1.57 bits per heavy atom. The minimum absolute atomic E-state index is 0.423. The Kier molecular flexibility index (Phi) is 5.36. The van der Waals surface area contributed by atoms with E-state index in [2.05, 4.69) is 22.0 Å². The molecule has 4 rings (SSSR count). The topological polar surface area (TPSA) is 49.3 Å². The molecular weight excluding hydrogens is 412 g/mol. The van der Waals surface area contributed by atoms with Crippen molar-refractivity contribution in [2.24, 2.45) is 4.99 Å². The van der Waals surface area contributed by atoms with Gasteiger partial charge in [0.05, 0.1) is 11.8 Å². The molecule has 0 fully saturated rings. The normalized spacial score (nSPS) is 11.7. The average molecular weight is 429 g/mol. The highest BCUT2D eigenvalue weighted by Gasteiger charge is 2.15. The summed E-state index contributed by atoms with van der Waals surface area (Å²) in [6.07, 6.45) is 0.423. The fraction of sp³-hybridized carbons (Fsp3) is 0.0833. The number of furan rings is 1. The predicted octanol–water partition coefficient (Wildman–Crippen LogP) is 6.17. The Balaban J connectivity index is 1.70. The van der Waals surface area contributed by atoms with Crippen LogP contribution in [-0.4, -0.2) is 11.8 Å². The van der Waals surface area contributed by atoms with Crippen LogP contribution in [0.1, 0.15) is 16.9 Å². The molecule has 1 atom stereocenters. The van der Waals surface area contributed by atoms with E-state index >= 15 is 0 Å². The number of hydrogen-bond donors (Lipinski definition) is 0. The van der Waals surface area contributed by atoms with Gasteiger partial charge in [-0.2, -0.15) is 5.26 Å². The fourth-order valence-electron chi connectivity index (χ4n) is 3.14. The van der Waals surface area contributed by atoms with Gasteiger partial charge in [0.15, 0.2) is 0 Å². The first-order chi connectivity index (χ1) is 13.7. The van der Waals surface area contributed by atoms with Gasteiger partial charge in [0.1, 0.15) is 17.4 Å². The zero-order valence-electron chi connectivity index (χ0n) is 15.0. The second-order valence-electron chi connectivity index (χ2n) is 6.45. The van der Waals surface area contributed by atoms with Crippen molar-refractivity contribution < 1.29 is 4.42 Å². The van der Waals surface area contributed by atoms with Gasteiger partial charge < -0.3 is 4.42 Å². The van der Waals surface area contributed by atoms with Crippen molar-refractivity contribution in [3.8, 4) is 6.07 Å². The van der Waals surface area contributed by atoms with E-state index in [0.717, 1.165) is 38.0 Å². The molecule has 1 aromatic heterocycles. The standard InChI is InChI=1S/C24H17BrN2O/c25-20-11-12-23-19(13-20)14-22(28-23)15-21(16-26)27-24(17-7-3-1-4-8-17)18-9-5-2-6-10-18/h1-14,21H,15H2. The number of aliphatic imine (C=N–C) groups is 1. The zero-order chi connectivity index (χ0) is 19.3. The summed E-state index contributed by atoms with van der Waals surface area (Å²) in [7, 11) is 0. The summed E-state index contributed by atoms with van der Waals surface area (Å²) in [6, 6.07) is 29.5. The number of hydrogen-bond acceptors (Lipinski definition) is 3. The molecule has 0 saturated carbocycles. The molecule has 0 aliphatic rings. The summed E-state index contributed by atoms with van der Waals surface area (Å²) >= 11 is 3.47. The first-order valence-electron chi connectivity index (χ1n) is 8.99.